The van der Waals surface area contributed by atoms with Crippen LogP contribution in [0.15, 0.2) is 47.6 Å². The van der Waals surface area contributed by atoms with E-state index in [9.17, 15) is 32.4 Å². The first-order chi connectivity index (χ1) is 32.0. The third-order valence-electron chi connectivity index (χ3n) is 11.8. The minimum Gasteiger partial charge on any atom is -0.467 e. The maximum atomic E-state index is 14.3. The van der Waals surface area contributed by atoms with Crippen molar-refractivity contribution in [3.05, 3.63) is 47.6 Å². The summed E-state index contributed by atoms with van der Waals surface area (Å²) in [6, 6.07) is -3.35. The summed E-state index contributed by atoms with van der Waals surface area (Å²) in [7, 11) is -2.54. The van der Waals surface area contributed by atoms with Crippen LogP contribution >= 0.6 is 11.8 Å². The van der Waals surface area contributed by atoms with E-state index in [0.717, 1.165) is 51.4 Å². The van der Waals surface area contributed by atoms with Crippen LogP contribution in [-0.4, -0.2) is 112 Å². The third-order valence-corrected chi connectivity index (χ3v) is 14.2. The molecular weight excluding hydrogens is 891 g/mol. The number of esters is 1. The van der Waals surface area contributed by atoms with Crippen molar-refractivity contribution in [3.63, 3.8) is 0 Å². The highest BCUT2D eigenvalue weighted by Gasteiger charge is 2.43. The SMILES string of the molecule is C=CCOC(=O)NCC[C@@H]1C[C@@H](C(=O)N[C@@H](CSC/C=C(\C)CC/C=C(\C)CCC=C(C)C)C(=O)OC)N(C(=O)[C@H](CNS(=O)(=O)CCCCCCCCCCCCCCCC)NC(C)=O)C1. The van der Waals surface area contributed by atoms with Crippen LogP contribution in [0.25, 0.3) is 0 Å². The first kappa shape index (κ1) is 61.4. The van der Waals surface area contributed by atoms with Gasteiger partial charge in [-0.05, 0) is 78.6 Å². The van der Waals surface area contributed by atoms with Crippen LogP contribution in [0.1, 0.15) is 170 Å². The molecule has 0 unspecified atom stereocenters. The maximum absolute atomic E-state index is 14.3. The first-order valence-electron chi connectivity index (χ1n) is 25.0. The molecule has 0 aromatic carbocycles. The number of rotatable bonds is 38. The van der Waals surface area contributed by atoms with Crippen LogP contribution in [-0.2, 0) is 38.7 Å². The number of nitrogens with one attached hydrogen (secondary N) is 4. The average Bonchev–Trinajstić information content (AvgIpc) is 3.71. The molecule has 0 spiro atoms. The van der Waals surface area contributed by atoms with Crippen molar-refractivity contribution in [1.29, 1.82) is 0 Å². The lowest BCUT2D eigenvalue weighted by molar-refractivity contribution is -0.146. The van der Waals surface area contributed by atoms with Crippen molar-refractivity contribution in [2.45, 2.75) is 188 Å². The molecule has 1 rings (SSSR count). The van der Waals surface area contributed by atoms with Gasteiger partial charge >= 0.3 is 12.1 Å². The number of carbonyl (C=O) groups is 5. The van der Waals surface area contributed by atoms with Crippen LogP contribution in [0.4, 0.5) is 4.79 Å². The maximum Gasteiger partial charge on any atom is 0.407 e. The Bertz CT molecular complexity index is 1680. The Balaban J connectivity index is 2.93. The van der Waals surface area contributed by atoms with Crippen LogP contribution in [0.5, 0.6) is 0 Å². The Morgan fingerprint density at radius 3 is 1.94 bits per heavy atom. The van der Waals surface area contributed by atoms with Gasteiger partial charge in [-0.2, -0.15) is 11.8 Å². The van der Waals surface area contributed by atoms with Crippen LogP contribution in [0.3, 0.4) is 0 Å². The fraction of sp³-hybridized carbons (Fsp3) is 0.745. The van der Waals surface area contributed by atoms with E-state index >= 15 is 0 Å². The number of allylic oxidation sites excluding steroid dienone is 5. The van der Waals surface area contributed by atoms with Gasteiger partial charge in [0, 0.05) is 38.1 Å². The van der Waals surface area contributed by atoms with E-state index < -0.39 is 64.5 Å². The van der Waals surface area contributed by atoms with Crippen molar-refractivity contribution in [3.8, 4) is 0 Å². The molecule has 0 aromatic rings. The highest BCUT2D eigenvalue weighted by atomic mass is 32.2. The highest BCUT2D eigenvalue weighted by molar-refractivity contribution is 7.99. The van der Waals surface area contributed by atoms with Gasteiger partial charge in [-0.15, -0.1) is 0 Å². The lowest BCUT2D eigenvalue weighted by Gasteiger charge is -2.29. The molecule has 1 heterocycles. The van der Waals surface area contributed by atoms with E-state index in [2.05, 4.69) is 80.1 Å². The van der Waals surface area contributed by atoms with Crippen molar-refractivity contribution in [2.75, 3.05) is 50.6 Å². The van der Waals surface area contributed by atoms with E-state index in [0.29, 0.717) is 18.6 Å². The number of methoxy groups -OCH3 is 1. The third kappa shape index (κ3) is 30.5. The fourth-order valence-electron chi connectivity index (χ4n) is 7.91. The summed E-state index contributed by atoms with van der Waals surface area (Å²) in [5.74, 6) is -1.92. The average molecular weight is 980 g/mol. The number of alkyl carbamates (subject to hydrolysis) is 1. The zero-order valence-electron chi connectivity index (χ0n) is 42.4. The molecule has 1 aliphatic heterocycles. The molecule has 384 valence electrons. The lowest BCUT2D eigenvalue weighted by Crippen LogP contribution is -2.58. The molecule has 16 heteroatoms. The number of ether oxygens (including phenoxy) is 2. The van der Waals surface area contributed by atoms with Gasteiger partial charge in [0.1, 0.15) is 24.7 Å². The summed E-state index contributed by atoms with van der Waals surface area (Å²) >= 11 is 1.47. The second kappa shape index (κ2) is 37.3. The van der Waals surface area contributed by atoms with Gasteiger partial charge in [0.15, 0.2) is 0 Å². The predicted molar refractivity (Wildman–Crippen MR) is 274 cm³/mol. The molecule has 14 nitrogen and oxygen atoms in total. The molecule has 0 saturated carbocycles. The van der Waals surface area contributed by atoms with Crippen LogP contribution in [0.2, 0.25) is 0 Å². The number of hydrogen-bond donors (Lipinski definition) is 4. The van der Waals surface area contributed by atoms with Crippen LogP contribution in [0, 0.1) is 5.92 Å². The number of carbonyl (C=O) groups excluding carboxylic acids is 5. The van der Waals surface area contributed by atoms with Gasteiger partial charge < -0.3 is 30.3 Å². The molecule has 1 saturated heterocycles. The van der Waals surface area contributed by atoms with Gasteiger partial charge in [-0.25, -0.2) is 22.7 Å². The summed E-state index contributed by atoms with van der Waals surface area (Å²) in [5.41, 5.74) is 3.91. The minimum absolute atomic E-state index is 0.0394. The molecule has 1 fully saturated rings. The summed E-state index contributed by atoms with van der Waals surface area (Å²) < 4.78 is 38.8. The standard InChI is InChI=1S/C51H89N5O9S2/c1-9-11-12-13-14-15-16-17-18-19-20-21-22-23-35-67(62,63)53-37-45(54-43(7)57)49(59)56-38-44(30-32-52-51(61)65-33-10-2)36-47(56)48(58)55-46(50(60)64-8)39-66-34-31-42(6)29-25-28-41(5)27-24-26-40(3)4/h10,26,28,31,44-47,53H,2,9,11-25,27,29-30,32-39H2,1,3-8H3,(H,52,61)(H,54,57)(H,55,58)/b41-28+,42-31+/t44-,45+,46+,47+/m1/s1. The molecule has 4 N–H and O–H groups in total. The van der Waals surface area contributed by atoms with Gasteiger partial charge in [-0.1, -0.05) is 138 Å². The molecule has 1 aliphatic rings. The van der Waals surface area contributed by atoms with Crippen molar-refractivity contribution < 1.29 is 41.9 Å². The zero-order valence-corrected chi connectivity index (χ0v) is 44.0. The first-order valence-corrected chi connectivity index (χ1v) is 27.8. The van der Waals surface area contributed by atoms with Crippen molar-refractivity contribution >= 4 is 51.6 Å². The number of hydrogen-bond acceptors (Lipinski definition) is 10. The number of nitrogens with zero attached hydrogens (tertiary/aromatic N) is 1. The zero-order chi connectivity index (χ0) is 49.9. The monoisotopic (exact) mass is 980 g/mol. The Hall–Kier alpha value is -3.63. The van der Waals surface area contributed by atoms with Gasteiger partial charge in [-0.3, -0.25) is 14.4 Å². The largest absolute Gasteiger partial charge is 0.467 e. The van der Waals surface area contributed by atoms with E-state index in [1.807, 2.05) is 0 Å². The summed E-state index contributed by atoms with van der Waals surface area (Å²) in [6.07, 6.45) is 28.0. The quantitative estimate of drug-likeness (QED) is 0.0264. The number of amides is 4. The van der Waals surface area contributed by atoms with E-state index in [1.54, 1.807) is 0 Å². The minimum atomic E-state index is -3.78. The molecule has 0 aliphatic carbocycles. The van der Waals surface area contributed by atoms with E-state index in [1.165, 1.54) is 111 Å². The van der Waals surface area contributed by atoms with E-state index in [-0.39, 0.29) is 43.5 Å². The molecule has 67 heavy (non-hydrogen) atoms. The summed E-state index contributed by atoms with van der Waals surface area (Å²) in [6.45, 7) is 15.4. The molecule has 0 radical (unpaired) electrons. The van der Waals surface area contributed by atoms with Crippen molar-refractivity contribution in [1.82, 2.24) is 25.6 Å². The van der Waals surface area contributed by atoms with E-state index in [4.69, 9.17) is 9.47 Å². The Morgan fingerprint density at radius 1 is 0.791 bits per heavy atom. The Kier molecular flexibility index (Phi) is 34.2. The number of sulfonamides is 1. The summed E-state index contributed by atoms with van der Waals surface area (Å²) in [4.78, 5) is 67.1. The second-order valence-electron chi connectivity index (χ2n) is 18.3. The smallest absolute Gasteiger partial charge is 0.407 e. The number of thioether (sulfide) groups is 1. The second-order valence-corrected chi connectivity index (χ2v) is 21.3. The number of unbranched alkanes of at least 4 members (excludes halogenated alkanes) is 13. The summed E-state index contributed by atoms with van der Waals surface area (Å²) in [5, 5.41) is 8.05. The highest BCUT2D eigenvalue weighted by Crippen LogP contribution is 2.27. The molecule has 0 bridgehead atoms. The van der Waals surface area contributed by atoms with Gasteiger partial charge in [0.05, 0.1) is 12.9 Å². The molecule has 0 aromatic heterocycles. The Morgan fingerprint density at radius 2 is 1.37 bits per heavy atom. The number of likely N-dealkylation sites (tertiary alicyclic amines) is 1. The molecule has 4 atom stereocenters. The predicted octanol–water partition coefficient (Wildman–Crippen LogP) is 9.22. The normalized spacial score (nSPS) is 16.2. The van der Waals surface area contributed by atoms with Gasteiger partial charge in [0.25, 0.3) is 0 Å². The molecule has 4 amide bonds. The van der Waals surface area contributed by atoms with Crippen LogP contribution < -0.4 is 20.7 Å². The fourth-order valence-corrected chi connectivity index (χ4v) is 10.1. The molecular formula is C51H89N5O9S2. The van der Waals surface area contributed by atoms with Crippen molar-refractivity contribution in [2.24, 2.45) is 5.92 Å². The Labute approximate surface area is 409 Å². The lowest BCUT2D eigenvalue weighted by atomic mass is 10.0. The van der Waals surface area contributed by atoms with Gasteiger partial charge in [0.2, 0.25) is 27.7 Å². The topological polar surface area (TPSA) is 189 Å².